The summed E-state index contributed by atoms with van der Waals surface area (Å²) in [5.41, 5.74) is 1.19. The zero-order valence-electron chi connectivity index (χ0n) is 14.1. The minimum absolute atomic E-state index is 0.271. The lowest BCUT2D eigenvalue weighted by Gasteiger charge is -2.15. The maximum absolute atomic E-state index is 12.3. The maximum atomic E-state index is 12.3. The molecular weight excluding hydrogens is 342 g/mol. The molecule has 0 aliphatic carbocycles. The number of nitrogens with one attached hydrogen (secondary N) is 1. The van der Waals surface area contributed by atoms with E-state index in [1.807, 2.05) is 12.1 Å². The van der Waals surface area contributed by atoms with Crippen molar-refractivity contribution >= 4 is 23.5 Å². The summed E-state index contributed by atoms with van der Waals surface area (Å²) in [6.45, 7) is 4.08. The lowest BCUT2D eigenvalue weighted by Crippen LogP contribution is -2.35. The molecule has 0 spiro atoms. The molecule has 6 heteroatoms. The molecule has 2 aromatic rings. The van der Waals surface area contributed by atoms with Crippen molar-refractivity contribution in [2.24, 2.45) is 0 Å². The first kappa shape index (κ1) is 18.8. The molecule has 0 saturated carbocycles. The molecule has 0 bridgehead atoms. The first-order valence-electron chi connectivity index (χ1n) is 7.96. The number of amides is 1. The number of carbonyl (C=O) groups is 2. The van der Waals surface area contributed by atoms with E-state index in [1.54, 1.807) is 43.3 Å². The highest BCUT2D eigenvalue weighted by atomic mass is 35.5. The van der Waals surface area contributed by atoms with Gasteiger partial charge in [0.2, 0.25) is 0 Å². The Labute approximate surface area is 151 Å². The minimum Gasteiger partial charge on any atom is -0.488 e. The fourth-order valence-electron chi connectivity index (χ4n) is 2.10. The number of rotatable bonds is 7. The van der Waals surface area contributed by atoms with Gasteiger partial charge in [0.05, 0.1) is 0 Å². The summed E-state index contributed by atoms with van der Waals surface area (Å²) in [6, 6.07) is 14.0. The van der Waals surface area contributed by atoms with Gasteiger partial charge in [-0.1, -0.05) is 35.9 Å². The second-order valence-corrected chi connectivity index (χ2v) is 5.79. The smallest absolute Gasteiger partial charge is 0.342 e. The summed E-state index contributed by atoms with van der Waals surface area (Å²) in [6.07, 6.45) is -0.878. The maximum Gasteiger partial charge on any atom is 0.342 e. The van der Waals surface area contributed by atoms with E-state index in [1.165, 1.54) is 6.92 Å². The third-order valence-corrected chi connectivity index (χ3v) is 3.67. The lowest BCUT2D eigenvalue weighted by atomic mass is 10.2. The Morgan fingerprint density at radius 2 is 1.80 bits per heavy atom. The Kier molecular flexibility index (Phi) is 6.83. The van der Waals surface area contributed by atoms with Gasteiger partial charge >= 0.3 is 5.97 Å². The van der Waals surface area contributed by atoms with Gasteiger partial charge in [0, 0.05) is 11.6 Å². The summed E-state index contributed by atoms with van der Waals surface area (Å²) in [5.74, 6) is -0.550. The van der Waals surface area contributed by atoms with Gasteiger partial charge < -0.3 is 14.8 Å². The highest BCUT2D eigenvalue weighted by Gasteiger charge is 2.20. The molecule has 0 heterocycles. The van der Waals surface area contributed by atoms with Crippen LogP contribution in [0, 0.1) is 0 Å². The number of hydrogen-bond acceptors (Lipinski definition) is 4. The number of benzene rings is 2. The Morgan fingerprint density at radius 1 is 1.12 bits per heavy atom. The van der Waals surface area contributed by atoms with Crippen LogP contribution in [0.3, 0.4) is 0 Å². The average molecular weight is 362 g/mol. The number of ether oxygens (including phenoxy) is 2. The Balaban J connectivity index is 2.05. The van der Waals surface area contributed by atoms with Crippen molar-refractivity contribution in [3.8, 4) is 5.75 Å². The van der Waals surface area contributed by atoms with E-state index in [0.717, 1.165) is 5.56 Å². The summed E-state index contributed by atoms with van der Waals surface area (Å²) < 4.78 is 10.9. The van der Waals surface area contributed by atoms with E-state index in [4.69, 9.17) is 21.1 Å². The molecule has 132 valence electrons. The van der Waals surface area contributed by atoms with Gasteiger partial charge in [-0.3, -0.25) is 4.79 Å². The van der Waals surface area contributed by atoms with Gasteiger partial charge in [-0.2, -0.15) is 0 Å². The van der Waals surface area contributed by atoms with E-state index in [0.29, 0.717) is 17.3 Å². The van der Waals surface area contributed by atoms with Gasteiger partial charge in [0.25, 0.3) is 5.91 Å². The largest absolute Gasteiger partial charge is 0.488 e. The van der Waals surface area contributed by atoms with Crippen LogP contribution in [0.1, 0.15) is 29.8 Å². The van der Waals surface area contributed by atoms with E-state index in [9.17, 15) is 9.59 Å². The zero-order chi connectivity index (χ0) is 18.2. The summed E-state index contributed by atoms with van der Waals surface area (Å²) in [4.78, 5) is 24.0. The molecule has 0 radical (unpaired) electrons. The summed E-state index contributed by atoms with van der Waals surface area (Å²) >= 11 is 5.86. The summed E-state index contributed by atoms with van der Waals surface area (Å²) in [7, 11) is 0. The molecule has 1 atom stereocenters. The molecule has 1 N–H and O–H groups in total. The monoisotopic (exact) mass is 361 g/mol. The van der Waals surface area contributed by atoms with E-state index in [2.05, 4.69) is 5.32 Å². The third-order valence-electron chi connectivity index (χ3n) is 3.42. The Bertz CT molecular complexity index is 730. The van der Waals surface area contributed by atoms with Crippen LogP contribution in [0.2, 0.25) is 5.02 Å². The highest BCUT2D eigenvalue weighted by Crippen LogP contribution is 2.21. The Hall–Kier alpha value is -2.53. The van der Waals surface area contributed by atoms with Crippen LogP contribution in [-0.4, -0.2) is 24.5 Å². The average Bonchev–Trinajstić information content (AvgIpc) is 2.61. The number of likely N-dealkylation sites (N-methyl/N-ethyl adjacent to an activating group) is 1. The number of para-hydroxylation sites is 1. The number of halogens is 1. The quantitative estimate of drug-likeness (QED) is 0.765. The van der Waals surface area contributed by atoms with Gasteiger partial charge in [-0.25, -0.2) is 4.79 Å². The fraction of sp³-hybridized carbons (Fsp3) is 0.263. The van der Waals surface area contributed by atoms with Crippen LogP contribution in [0.4, 0.5) is 0 Å². The SMILES string of the molecule is CCNC(=O)[C@@H](C)OC(=O)c1ccccc1OCc1ccc(Cl)cc1. The number of hydrogen-bond donors (Lipinski definition) is 1. The van der Waals surface area contributed by atoms with Crippen molar-refractivity contribution in [2.45, 2.75) is 26.6 Å². The third kappa shape index (κ3) is 5.50. The normalized spacial score (nSPS) is 11.5. The fourth-order valence-corrected chi connectivity index (χ4v) is 2.22. The zero-order valence-corrected chi connectivity index (χ0v) is 14.9. The summed E-state index contributed by atoms with van der Waals surface area (Å²) in [5, 5.41) is 3.26. The predicted octanol–water partition coefficient (Wildman–Crippen LogP) is 3.60. The van der Waals surface area contributed by atoms with Crippen LogP contribution in [0.15, 0.2) is 48.5 Å². The predicted molar refractivity (Wildman–Crippen MR) is 95.8 cm³/mol. The second kappa shape index (κ2) is 9.08. The Morgan fingerprint density at radius 3 is 2.48 bits per heavy atom. The van der Waals surface area contributed by atoms with Gasteiger partial charge in [-0.15, -0.1) is 0 Å². The van der Waals surface area contributed by atoms with Crippen molar-refractivity contribution in [2.75, 3.05) is 6.54 Å². The van der Waals surface area contributed by atoms with E-state index >= 15 is 0 Å². The molecule has 0 aliphatic rings. The van der Waals surface area contributed by atoms with Crippen LogP contribution < -0.4 is 10.1 Å². The first-order valence-corrected chi connectivity index (χ1v) is 8.34. The van der Waals surface area contributed by atoms with Crippen LogP contribution >= 0.6 is 11.6 Å². The first-order chi connectivity index (χ1) is 12.0. The molecule has 0 unspecified atom stereocenters. The molecule has 2 rings (SSSR count). The molecule has 2 aromatic carbocycles. The number of esters is 1. The second-order valence-electron chi connectivity index (χ2n) is 5.35. The van der Waals surface area contributed by atoms with Crippen molar-refractivity contribution in [1.29, 1.82) is 0 Å². The van der Waals surface area contributed by atoms with Crippen LogP contribution in [0.5, 0.6) is 5.75 Å². The lowest BCUT2D eigenvalue weighted by molar-refractivity contribution is -0.128. The molecule has 0 aromatic heterocycles. The van der Waals surface area contributed by atoms with Crippen molar-refractivity contribution in [1.82, 2.24) is 5.32 Å². The molecular formula is C19H20ClNO4. The molecule has 0 aliphatic heterocycles. The van der Waals surface area contributed by atoms with Gasteiger partial charge in [0.15, 0.2) is 6.10 Å². The van der Waals surface area contributed by atoms with Crippen LogP contribution in [-0.2, 0) is 16.1 Å². The molecule has 1 amide bonds. The van der Waals surface area contributed by atoms with E-state index < -0.39 is 12.1 Å². The molecule has 25 heavy (non-hydrogen) atoms. The standard InChI is InChI=1S/C19H20ClNO4/c1-3-21-18(22)13(2)25-19(23)16-6-4-5-7-17(16)24-12-14-8-10-15(20)11-9-14/h4-11,13H,3,12H2,1-2H3,(H,21,22)/t13-/m1/s1. The van der Waals surface area contributed by atoms with Gasteiger partial charge in [-0.05, 0) is 43.7 Å². The number of carbonyl (C=O) groups excluding carboxylic acids is 2. The van der Waals surface area contributed by atoms with Crippen LogP contribution in [0.25, 0.3) is 0 Å². The molecule has 0 saturated heterocycles. The van der Waals surface area contributed by atoms with Crippen molar-refractivity contribution < 1.29 is 19.1 Å². The van der Waals surface area contributed by atoms with Crippen molar-refractivity contribution in [3.05, 3.63) is 64.7 Å². The highest BCUT2D eigenvalue weighted by molar-refractivity contribution is 6.30. The topological polar surface area (TPSA) is 64.6 Å². The minimum atomic E-state index is -0.878. The molecule has 5 nitrogen and oxygen atoms in total. The molecule has 0 fully saturated rings. The van der Waals surface area contributed by atoms with E-state index in [-0.39, 0.29) is 18.1 Å². The van der Waals surface area contributed by atoms with Gasteiger partial charge in [0.1, 0.15) is 17.9 Å². The van der Waals surface area contributed by atoms with Crippen molar-refractivity contribution in [3.63, 3.8) is 0 Å².